The normalized spacial score (nSPS) is 11.7. The summed E-state index contributed by atoms with van der Waals surface area (Å²) >= 11 is 4.41. The van der Waals surface area contributed by atoms with Crippen LogP contribution in [0.4, 0.5) is 10.1 Å². The molecule has 1 aromatic rings. The highest BCUT2D eigenvalue weighted by molar-refractivity contribution is 9.10. The SMILES string of the molecule is CSCCNS(=O)(=O)c1cc(N)cc(Br)c1F. The fourth-order valence-corrected chi connectivity index (χ4v) is 3.34. The molecule has 0 spiro atoms. The molecular weight excluding hydrogens is 331 g/mol. The Kier molecular flexibility index (Phi) is 5.23. The van der Waals surface area contributed by atoms with Crippen molar-refractivity contribution in [3.05, 3.63) is 22.4 Å². The molecular formula is C9H12BrFN2O2S2. The molecule has 96 valence electrons. The molecule has 17 heavy (non-hydrogen) atoms. The summed E-state index contributed by atoms with van der Waals surface area (Å²) in [5, 5.41) is 0. The van der Waals surface area contributed by atoms with Gasteiger partial charge in [0.2, 0.25) is 10.0 Å². The lowest BCUT2D eigenvalue weighted by molar-refractivity contribution is 0.556. The highest BCUT2D eigenvalue weighted by Gasteiger charge is 2.21. The van der Waals surface area contributed by atoms with Crippen molar-refractivity contribution in [1.82, 2.24) is 4.72 Å². The molecule has 0 amide bonds. The summed E-state index contributed by atoms with van der Waals surface area (Å²) in [6, 6.07) is 2.41. The number of hydrogen-bond donors (Lipinski definition) is 2. The molecule has 0 fully saturated rings. The smallest absolute Gasteiger partial charge is 0.243 e. The largest absolute Gasteiger partial charge is 0.399 e. The molecule has 0 heterocycles. The standard InChI is InChI=1S/C9H12BrFN2O2S2/c1-16-3-2-13-17(14,15)8-5-6(12)4-7(10)9(8)11/h4-5,13H,2-3,12H2,1H3. The molecule has 0 unspecified atom stereocenters. The Morgan fingerprint density at radius 2 is 2.18 bits per heavy atom. The second-order valence-electron chi connectivity index (χ2n) is 3.21. The van der Waals surface area contributed by atoms with Gasteiger partial charge in [0, 0.05) is 18.0 Å². The van der Waals surface area contributed by atoms with Gasteiger partial charge in [-0.15, -0.1) is 0 Å². The number of nitrogen functional groups attached to an aromatic ring is 1. The Morgan fingerprint density at radius 3 is 2.76 bits per heavy atom. The number of thioether (sulfide) groups is 1. The zero-order valence-corrected chi connectivity index (χ0v) is 12.3. The second-order valence-corrected chi connectivity index (χ2v) is 6.78. The van der Waals surface area contributed by atoms with Gasteiger partial charge in [-0.05, 0) is 34.3 Å². The van der Waals surface area contributed by atoms with Crippen molar-refractivity contribution in [2.45, 2.75) is 4.90 Å². The zero-order chi connectivity index (χ0) is 13.1. The highest BCUT2D eigenvalue weighted by Crippen LogP contribution is 2.25. The minimum atomic E-state index is -3.86. The van der Waals surface area contributed by atoms with Crippen LogP contribution in [0.25, 0.3) is 0 Å². The monoisotopic (exact) mass is 342 g/mol. The van der Waals surface area contributed by atoms with Gasteiger partial charge in [0.15, 0.2) is 5.82 Å². The maximum Gasteiger partial charge on any atom is 0.243 e. The summed E-state index contributed by atoms with van der Waals surface area (Å²) in [4.78, 5) is -0.439. The van der Waals surface area contributed by atoms with E-state index in [1.165, 1.54) is 17.8 Å². The molecule has 8 heteroatoms. The van der Waals surface area contributed by atoms with E-state index in [1.807, 2.05) is 6.26 Å². The second kappa shape index (κ2) is 6.03. The van der Waals surface area contributed by atoms with Gasteiger partial charge in [0.1, 0.15) is 4.90 Å². The molecule has 0 radical (unpaired) electrons. The van der Waals surface area contributed by atoms with Gasteiger partial charge in [-0.3, -0.25) is 0 Å². The molecule has 0 saturated heterocycles. The summed E-state index contributed by atoms with van der Waals surface area (Å²) in [5.74, 6) is -0.222. The molecule has 0 aromatic heterocycles. The molecule has 0 saturated carbocycles. The maximum atomic E-state index is 13.7. The minimum absolute atomic E-state index is 0.0303. The van der Waals surface area contributed by atoms with E-state index in [0.29, 0.717) is 5.75 Å². The van der Waals surface area contributed by atoms with E-state index in [1.54, 1.807) is 0 Å². The van der Waals surface area contributed by atoms with Crippen LogP contribution in [0.1, 0.15) is 0 Å². The summed E-state index contributed by atoms with van der Waals surface area (Å²) in [6.07, 6.45) is 1.85. The van der Waals surface area contributed by atoms with Crippen LogP contribution in [0, 0.1) is 5.82 Å². The summed E-state index contributed by atoms with van der Waals surface area (Å²) in [5.41, 5.74) is 5.67. The average molecular weight is 343 g/mol. The van der Waals surface area contributed by atoms with Crippen molar-refractivity contribution in [1.29, 1.82) is 0 Å². The van der Waals surface area contributed by atoms with E-state index in [2.05, 4.69) is 20.7 Å². The number of halogens is 2. The van der Waals surface area contributed by atoms with Crippen LogP contribution in [-0.2, 0) is 10.0 Å². The van der Waals surface area contributed by atoms with Gasteiger partial charge in [-0.25, -0.2) is 17.5 Å². The lowest BCUT2D eigenvalue weighted by Crippen LogP contribution is -2.27. The van der Waals surface area contributed by atoms with Crippen LogP contribution in [-0.4, -0.2) is 27.0 Å². The third-order valence-electron chi connectivity index (χ3n) is 1.90. The van der Waals surface area contributed by atoms with E-state index < -0.39 is 20.7 Å². The van der Waals surface area contributed by atoms with Crippen molar-refractivity contribution in [3.63, 3.8) is 0 Å². The molecule has 4 nitrogen and oxygen atoms in total. The van der Waals surface area contributed by atoms with Crippen LogP contribution in [0.15, 0.2) is 21.5 Å². The number of sulfonamides is 1. The number of nitrogens with one attached hydrogen (secondary N) is 1. The number of anilines is 1. The van der Waals surface area contributed by atoms with Crippen LogP contribution in [0.3, 0.4) is 0 Å². The van der Waals surface area contributed by atoms with Gasteiger partial charge in [-0.1, -0.05) is 0 Å². The third kappa shape index (κ3) is 3.84. The van der Waals surface area contributed by atoms with Crippen molar-refractivity contribution < 1.29 is 12.8 Å². The van der Waals surface area contributed by atoms with Crippen molar-refractivity contribution >= 4 is 43.4 Å². The Labute approximate surface area is 112 Å². The van der Waals surface area contributed by atoms with Gasteiger partial charge in [-0.2, -0.15) is 11.8 Å². The lowest BCUT2D eigenvalue weighted by atomic mass is 10.3. The van der Waals surface area contributed by atoms with E-state index in [9.17, 15) is 12.8 Å². The van der Waals surface area contributed by atoms with Crippen molar-refractivity contribution in [2.75, 3.05) is 24.3 Å². The predicted octanol–water partition coefficient (Wildman–Crippen LogP) is 1.81. The van der Waals surface area contributed by atoms with E-state index in [0.717, 1.165) is 6.07 Å². The summed E-state index contributed by atoms with van der Waals surface area (Å²) < 4.78 is 39.6. The Bertz CT molecular complexity index is 508. The molecule has 1 rings (SSSR count). The first-order valence-electron chi connectivity index (χ1n) is 4.61. The Morgan fingerprint density at radius 1 is 1.53 bits per heavy atom. The maximum absolute atomic E-state index is 13.7. The molecule has 3 N–H and O–H groups in total. The molecule has 0 aliphatic carbocycles. The fraction of sp³-hybridized carbons (Fsp3) is 0.333. The minimum Gasteiger partial charge on any atom is -0.399 e. The molecule has 0 aliphatic rings. The van der Waals surface area contributed by atoms with Gasteiger partial charge < -0.3 is 5.73 Å². The summed E-state index contributed by atoms with van der Waals surface area (Å²) in [7, 11) is -3.86. The molecule has 0 bridgehead atoms. The van der Waals surface area contributed by atoms with Crippen molar-refractivity contribution in [3.8, 4) is 0 Å². The van der Waals surface area contributed by atoms with Crippen molar-refractivity contribution in [2.24, 2.45) is 0 Å². The number of rotatable bonds is 5. The first kappa shape index (κ1) is 14.7. The van der Waals surface area contributed by atoms with Crippen LogP contribution in [0.2, 0.25) is 0 Å². The first-order chi connectivity index (χ1) is 7.88. The Hall–Kier alpha value is -0.310. The number of nitrogens with two attached hydrogens (primary N) is 1. The number of hydrogen-bond acceptors (Lipinski definition) is 4. The summed E-state index contributed by atoms with van der Waals surface area (Å²) in [6.45, 7) is 0.245. The van der Waals surface area contributed by atoms with Crippen LogP contribution in [0.5, 0.6) is 0 Å². The topological polar surface area (TPSA) is 72.2 Å². The number of benzene rings is 1. The Balaban J connectivity index is 3.06. The van der Waals surface area contributed by atoms with E-state index in [4.69, 9.17) is 5.73 Å². The van der Waals surface area contributed by atoms with Gasteiger partial charge in [0.25, 0.3) is 0 Å². The quantitative estimate of drug-likeness (QED) is 0.632. The van der Waals surface area contributed by atoms with Gasteiger partial charge >= 0.3 is 0 Å². The zero-order valence-electron chi connectivity index (χ0n) is 9.04. The lowest BCUT2D eigenvalue weighted by Gasteiger charge is -2.09. The first-order valence-corrected chi connectivity index (χ1v) is 8.28. The molecule has 0 atom stereocenters. The van der Waals surface area contributed by atoms with Crippen LogP contribution >= 0.6 is 27.7 Å². The fourth-order valence-electron chi connectivity index (χ4n) is 1.14. The molecule has 0 aliphatic heterocycles. The third-order valence-corrected chi connectivity index (χ3v) is 4.55. The predicted molar refractivity (Wildman–Crippen MR) is 72.1 cm³/mol. The van der Waals surface area contributed by atoms with Gasteiger partial charge in [0.05, 0.1) is 4.47 Å². The highest BCUT2D eigenvalue weighted by atomic mass is 79.9. The van der Waals surface area contributed by atoms with E-state index >= 15 is 0 Å². The average Bonchev–Trinajstić information content (AvgIpc) is 2.23. The van der Waals surface area contributed by atoms with E-state index in [-0.39, 0.29) is 16.7 Å². The van der Waals surface area contributed by atoms with Crippen LogP contribution < -0.4 is 10.5 Å². The molecule has 1 aromatic carbocycles.